The predicted octanol–water partition coefficient (Wildman–Crippen LogP) is 3.04. The van der Waals surface area contributed by atoms with Crippen molar-refractivity contribution in [1.29, 1.82) is 0 Å². The number of hydrogen-bond acceptors (Lipinski definition) is 4. The van der Waals surface area contributed by atoms with Crippen molar-refractivity contribution in [3.63, 3.8) is 0 Å². The molecule has 0 saturated carbocycles. The Morgan fingerprint density at radius 3 is 2.58 bits per heavy atom. The summed E-state index contributed by atoms with van der Waals surface area (Å²) in [7, 11) is 0. The minimum atomic E-state index is -4.82. The number of anilines is 1. The van der Waals surface area contributed by atoms with Crippen molar-refractivity contribution >= 4 is 27.6 Å². The third-order valence-corrected chi connectivity index (χ3v) is 2.68. The molecule has 0 unspecified atom stereocenters. The highest BCUT2D eigenvalue weighted by atomic mass is 79.9. The number of esters is 1. The van der Waals surface area contributed by atoms with Gasteiger partial charge in [-0.1, -0.05) is 0 Å². The number of nitrogen functional groups attached to an aromatic ring is 1. The molecule has 0 aromatic heterocycles. The monoisotopic (exact) mass is 341 g/mol. The zero-order valence-corrected chi connectivity index (χ0v) is 11.5. The third-order valence-electron chi connectivity index (χ3n) is 2.06. The Morgan fingerprint density at radius 1 is 1.42 bits per heavy atom. The van der Waals surface area contributed by atoms with Gasteiger partial charge in [0.15, 0.2) is 0 Å². The maximum absolute atomic E-state index is 12.2. The molecule has 106 valence electrons. The molecule has 2 N–H and O–H groups in total. The fourth-order valence-electron chi connectivity index (χ4n) is 1.33. The van der Waals surface area contributed by atoms with E-state index >= 15 is 0 Å². The molecule has 0 heterocycles. The van der Waals surface area contributed by atoms with E-state index in [9.17, 15) is 18.0 Å². The zero-order chi connectivity index (χ0) is 14.6. The van der Waals surface area contributed by atoms with Crippen LogP contribution in [0, 0.1) is 0 Å². The number of benzene rings is 1. The lowest BCUT2D eigenvalue weighted by Gasteiger charge is -2.13. The fourth-order valence-corrected chi connectivity index (χ4v) is 1.78. The van der Waals surface area contributed by atoms with Crippen molar-refractivity contribution < 1.29 is 27.4 Å². The molecule has 0 spiro atoms. The Bertz CT molecular complexity index is 477. The number of halogens is 4. The summed E-state index contributed by atoms with van der Waals surface area (Å²) in [4.78, 5) is 11.3. The second-order valence-corrected chi connectivity index (χ2v) is 4.37. The molecular weight excluding hydrogens is 331 g/mol. The zero-order valence-electron chi connectivity index (χ0n) is 9.88. The summed E-state index contributed by atoms with van der Waals surface area (Å²) in [5.74, 6) is -1.03. The molecule has 19 heavy (non-hydrogen) atoms. The summed E-state index contributed by atoms with van der Waals surface area (Å²) in [6.45, 7) is 1.81. The van der Waals surface area contributed by atoms with Crippen LogP contribution in [0.15, 0.2) is 16.6 Å². The van der Waals surface area contributed by atoms with Crippen LogP contribution in [0.5, 0.6) is 5.75 Å². The molecule has 1 aromatic carbocycles. The van der Waals surface area contributed by atoms with Crippen molar-refractivity contribution in [3.8, 4) is 5.75 Å². The minimum Gasteiger partial charge on any atom is -0.466 e. The summed E-state index contributed by atoms with van der Waals surface area (Å²) < 4.78 is 45.1. The normalized spacial score (nSPS) is 11.2. The van der Waals surface area contributed by atoms with E-state index in [1.54, 1.807) is 6.92 Å². The molecule has 0 aliphatic rings. The van der Waals surface area contributed by atoms with Gasteiger partial charge in [-0.2, -0.15) is 0 Å². The van der Waals surface area contributed by atoms with Gasteiger partial charge in [0.25, 0.3) is 0 Å². The first kappa shape index (κ1) is 15.6. The average molecular weight is 342 g/mol. The van der Waals surface area contributed by atoms with Gasteiger partial charge in [-0.3, -0.25) is 4.79 Å². The molecule has 0 amide bonds. The van der Waals surface area contributed by atoms with Crippen LogP contribution in [0.25, 0.3) is 0 Å². The maximum atomic E-state index is 12.2. The largest absolute Gasteiger partial charge is 0.573 e. The molecule has 0 saturated heterocycles. The van der Waals surface area contributed by atoms with Gasteiger partial charge in [-0.15, -0.1) is 13.2 Å². The first-order valence-electron chi connectivity index (χ1n) is 5.22. The van der Waals surface area contributed by atoms with E-state index in [0.717, 1.165) is 6.07 Å². The van der Waals surface area contributed by atoms with E-state index in [2.05, 4.69) is 20.7 Å². The van der Waals surface area contributed by atoms with Crippen molar-refractivity contribution in [1.82, 2.24) is 0 Å². The van der Waals surface area contributed by atoms with Gasteiger partial charge in [0.2, 0.25) is 0 Å². The number of carbonyl (C=O) groups excluding carboxylic acids is 1. The van der Waals surface area contributed by atoms with Crippen LogP contribution in [0.4, 0.5) is 18.9 Å². The van der Waals surface area contributed by atoms with Gasteiger partial charge in [0, 0.05) is 5.69 Å². The van der Waals surface area contributed by atoms with Gasteiger partial charge < -0.3 is 15.2 Å². The standard InChI is InChI=1S/C11H11BrF3NO3/c1-2-18-10(17)4-6-3-9(19-11(13,14)15)7(12)5-8(6)16/h3,5H,2,4,16H2,1H3. The second-order valence-electron chi connectivity index (χ2n) is 3.51. The Morgan fingerprint density at radius 2 is 2.05 bits per heavy atom. The summed E-state index contributed by atoms with van der Waals surface area (Å²) in [6.07, 6.45) is -5.04. The minimum absolute atomic E-state index is 0.0509. The van der Waals surface area contributed by atoms with Crippen LogP contribution >= 0.6 is 15.9 Å². The molecule has 0 aliphatic carbocycles. The van der Waals surface area contributed by atoms with Gasteiger partial charge in [-0.25, -0.2) is 0 Å². The molecule has 0 radical (unpaired) electrons. The lowest BCUT2D eigenvalue weighted by atomic mass is 10.1. The van der Waals surface area contributed by atoms with Gasteiger partial charge in [0.1, 0.15) is 5.75 Å². The Hall–Kier alpha value is -1.44. The maximum Gasteiger partial charge on any atom is 0.573 e. The highest BCUT2D eigenvalue weighted by Crippen LogP contribution is 2.34. The van der Waals surface area contributed by atoms with E-state index in [1.807, 2.05) is 0 Å². The van der Waals surface area contributed by atoms with Crippen molar-refractivity contribution in [2.24, 2.45) is 0 Å². The number of nitrogens with two attached hydrogens (primary N) is 1. The fraction of sp³-hybridized carbons (Fsp3) is 0.364. The molecule has 4 nitrogen and oxygen atoms in total. The lowest BCUT2D eigenvalue weighted by molar-refractivity contribution is -0.274. The molecule has 8 heteroatoms. The number of carbonyl (C=O) groups is 1. The number of rotatable bonds is 4. The number of hydrogen-bond donors (Lipinski definition) is 1. The van der Waals surface area contributed by atoms with Crippen LogP contribution in [-0.4, -0.2) is 18.9 Å². The van der Waals surface area contributed by atoms with Crippen LogP contribution in [-0.2, 0) is 16.0 Å². The molecule has 0 aliphatic heterocycles. The molecule has 1 rings (SSSR count). The van der Waals surface area contributed by atoms with E-state index in [4.69, 9.17) is 10.5 Å². The van der Waals surface area contributed by atoms with Gasteiger partial charge in [-0.05, 0) is 40.5 Å². The van der Waals surface area contributed by atoms with Crippen molar-refractivity contribution in [2.45, 2.75) is 19.7 Å². The van der Waals surface area contributed by atoms with Gasteiger partial charge >= 0.3 is 12.3 Å². The molecule has 0 fully saturated rings. The number of ether oxygens (including phenoxy) is 2. The third kappa shape index (κ3) is 4.98. The summed E-state index contributed by atoms with van der Waals surface area (Å²) in [5.41, 5.74) is 6.01. The van der Waals surface area contributed by atoms with Crippen molar-refractivity contribution in [3.05, 3.63) is 22.2 Å². The predicted molar refractivity (Wildman–Crippen MR) is 65.6 cm³/mol. The van der Waals surface area contributed by atoms with E-state index in [0.29, 0.717) is 0 Å². The second kappa shape index (κ2) is 6.14. The van der Waals surface area contributed by atoms with Crippen LogP contribution in [0.3, 0.4) is 0 Å². The summed E-state index contributed by atoms with van der Waals surface area (Å²) in [6, 6.07) is 2.31. The van der Waals surface area contributed by atoms with Crippen molar-refractivity contribution in [2.75, 3.05) is 12.3 Å². The van der Waals surface area contributed by atoms with Crippen LogP contribution in [0.1, 0.15) is 12.5 Å². The Balaban J connectivity index is 2.99. The quantitative estimate of drug-likeness (QED) is 0.675. The topological polar surface area (TPSA) is 61.5 Å². The van der Waals surface area contributed by atoms with Crippen LogP contribution < -0.4 is 10.5 Å². The van der Waals surface area contributed by atoms with E-state index in [-0.39, 0.29) is 28.8 Å². The van der Waals surface area contributed by atoms with Gasteiger partial charge in [0.05, 0.1) is 17.5 Å². The molecule has 0 atom stereocenters. The highest BCUT2D eigenvalue weighted by Gasteiger charge is 2.32. The average Bonchev–Trinajstić information content (AvgIpc) is 2.23. The van der Waals surface area contributed by atoms with E-state index in [1.165, 1.54) is 6.07 Å². The molecule has 1 aromatic rings. The molecular formula is C11H11BrF3NO3. The summed E-state index contributed by atoms with van der Waals surface area (Å²) >= 11 is 2.91. The Labute approximate surface area is 115 Å². The Kier molecular flexibility index (Phi) is 5.04. The summed E-state index contributed by atoms with van der Waals surface area (Å²) in [5, 5.41) is 0. The first-order chi connectivity index (χ1) is 8.73. The SMILES string of the molecule is CCOC(=O)Cc1cc(OC(F)(F)F)c(Br)cc1N. The molecule has 0 bridgehead atoms. The first-order valence-corrected chi connectivity index (χ1v) is 6.01. The lowest BCUT2D eigenvalue weighted by Crippen LogP contribution is -2.18. The number of alkyl halides is 3. The smallest absolute Gasteiger partial charge is 0.466 e. The highest BCUT2D eigenvalue weighted by molar-refractivity contribution is 9.10. The van der Waals surface area contributed by atoms with E-state index < -0.39 is 18.1 Å². The van der Waals surface area contributed by atoms with Crippen LogP contribution in [0.2, 0.25) is 0 Å².